The number of aliphatic hydroxyl groups is 1. The maximum absolute atomic E-state index is 11.8. The SMILES string of the molecule is CC(CO)CNC(=O)c1ccc(C(=O)NC(C)C)cc1. The zero-order valence-electron chi connectivity index (χ0n) is 12.1. The van der Waals surface area contributed by atoms with E-state index < -0.39 is 0 Å². The molecule has 0 aliphatic carbocycles. The summed E-state index contributed by atoms with van der Waals surface area (Å²) < 4.78 is 0. The zero-order valence-corrected chi connectivity index (χ0v) is 12.1. The predicted octanol–water partition coefficient (Wildman–Crippen LogP) is 1.18. The molecule has 0 bridgehead atoms. The summed E-state index contributed by atoms with van der Waals surface area (Å²) in [7, 11) is 0. The van der Waals surface area contributed by atoms with Crippen LogP contribution in [0.2, 0.25) is 0 Å². The molecule has 0 aliphatic rings. The van der Waals surface area contributed by atoms with Crippen LogP contribution in [0, 0.1) is 5.92 Å². The van der Waals surface area contributed by atoms with Crippen molar-refractivity contribution >= 4 is 11.8 Å². The normalized spacial score (nSPS) is 12.1. The third-order valence-electron chi connectivity index (χ3n) is 2.75. The van der Waals surface area contributed by atoms with Gasteiger partial charge >= 0.3 is 0 Å². The van der Waals surface area contributed by atoms with Gasteiger partial charge in [0.1, 0.15) is 0 Å². The molecule has 2 amide bonds. The van der Waals surface area contributed by atoms with Gasteiger partial charge in [0.2, 0.25) is 0 Å². The maximum atomic E-state index is 11.8. The fourth-order valence-electron chi connectivity index (χ4n) is 1.55. The summed E-state index contributed by atoms with van der Waals surface area (Å²) in [5.74, 6) is -0.336. The van der Waals surface area contributed by atoms with Crippen LogP contribution < -0.4 is 10.6 Å². The molecule has 0 saturated carbocycles. The molecule has 0 saturated heterocycles. The molecule has 1 unspecified atom stereocenters. The minimum absolute atomic E-state index is 0.0232. The van der Waals surface area contributed by atoms with E-state index in [0.717, 1.165) is 0 Å². The average molecular weight is 278 g/mol. The van der Waals surface area contributed by atoms with Crippen molar-refractivity contribution in [2.24, 2.45) is 5.92 Å². The number of aliphatic hydroxyl groups excluding tert-OH is 1. The van der Waals surface area contributed by atoms with E-state index in [4.69, 9.17) is 5.11 Å². The van der Waals surface area contributed by atoms with Gasteiger partial charge in [-0.25, -0.2) is 0 Å². The molecule has 1 aromatic carbocycles. The molecule has 0 fully saturated rings. The number of rotatable bonds is 6. The first-order valence-electron chi connectivity index (χ1n) is 6.74. The van der Waals surface area contributed by atoms with Crippen molar-refractivity contribution in [3.8, 4) is 0 Å². The largest absolute Gasteiger partial charge is 0.396 e. The maximum Gasteiger partial charge on any atom is 0.251 e. The summed E-state index contributed by atoms with van der Waals surface area (Å²) in [6.45, 7) is 6.09. The zero-order chi connectivity index (χ0) is 15.1. The van der Waals surface area contributed by atoms with Gasteiger partial charge in [-0.2, -0.15) is 0 Å². The van der Waals surface area contributed by atoms with E-state index in [9.17, 15) is 9.59 Å². The Morgan fingerprint density at radius 1 is 1.05 bits per heavy atom. The lowest BCUT2D eigenvalue weighted by Gasteiger charge is -2.10. The van der Waals surface area contributed by atoms with Crippen LogP contribution in [0.15, 0.2) is 24.3 Å². The van der Waals surface area contributed by atoms with Crippen LogP contribution in [-0.2, 0) is 0 Å². The molecule has 0 aliphatic heterocycles. The quantitative estimate of drug-likeness (QED) is 0.731. The van der Waals surface area contributed by atoms with E-state index in [2.05, 4.69) is 10.6 Å². The van der Waals surface area contributed by atoms with E-state index in [-0.39, 0.29) is 30.4 Å². The number of hydrogen-bond acceptors (Lipinski definition) is 3. The molecule has 0 aromatic heterocycles. The van der Waals surface area contributed by atoms with Gasteiger partial charge < -0.3 is 15.7 Å². The summed E-state index contributed by atoms with van der Waals surface area (Å²) >= 11 is 0. The summed E-state index contributed by atoms with van der Waals surface area (Å²) in [5, 5.41) is 14.4. The Balaban J connectivity index is 2.62. The van der Waals surface area contributed by atoms with Gasteiger partial charge in [-0.1, -0.05) is 6.92 Å². The number of carbonyl (C=O) groups is 2. The van der Waals surface area contributed by atoms with Crippen molar-refractivity contribution in [2.45, 2.75) is 26.8 Å². The van der Waals surface area contributed by atoms with E-state index in [1.807, 2.05) is 20.8 Å². The molecule has 3 N–H and O–H groups in total. The van der Waals surface area contributed by atoms with Gasteiger partial charge in [0.15, 0.2) is 0 Å². The number of carbonyl (C=O) groups excluding carboxylic acids is 2. The third kappa shape index (κ3) is 5.01. The van der Waals surface area contributed by atoms with Gasteiger partial charge in [0.25, 0.3) is 11.8 Å². The lowest BCUT2D eigenvalue weighted by atomic mass is 10.1. The summed E-state index contributed by atoms with van der Waals surface area (Å²) in [5.41, 5.74) is 1.02. The summed E-state index contributed by atoms with van der Waals surface area (Å²) in [6.07, 6.45) is 0. The number of benzene rings is 1. The average Bonchev–Trinajstić information content (AvgIpc) is 2.43. The second-order valence-electron chi connectivity index (χ2n) is 5.20. The Morgan fingerprint density at radius 3 is 2.00 bits per heavy atom. The Hall–Kier alpha value is -1.88. The first kappa shape index (κ1) is 16.2. The van der Waals surface area contributed by atoms with Crippen LogP contribution in [0.5, 0.6) is 0 Å². The van der Waals surface area contributed by atoms with E-state index in [1.54, 1.807) is 24.3 Å². The lowest BCUT2D eigenvalue weighted by molar-refractivity contribution is 0.0930. The van der Waals surface area contributed by atoms with Crippen molar-refractivity contribution in [1.82, 2.24) is 10.6 Å². The predicted molar refractivity (Wildman–Crippen MR) is 77.6 cm³/mol. The highest BCUT2D eigenvalue weighted by Gasteiger charge is 2.10. The minimum Gasteiger partial charge on any atom is -0.396 e. The van der Waals surface area contributed by atoms with Crippen LogP contribution >= 0.6 is 0 Å². The Morgan fingerprint density at radius 2 is 1.55 bits per heavy atom. The van der Waals surface area contributed by atoms with Gasteiger partial charge in [-0.05, 0) is 44.0 Å². The molecule has 20 heavy (non-hydrogen) atoms. The summed E-state index contributed by atoms with van der Waals surface area (Å²) in [4.78, 5) is 23.6. The van der Waals surface area contributed by atoms with Gasteiger partial charge in [-0.15, -0.1) is 0 Å². The topological polar surface area (TPSA) is 78.4 Å². The highest BCUT2D eigenvalue weighted by atomic mass is 16.3. The standard InChI is InChI=1S/C15H22N2O3/c1-10(2)17-15(20)13-6-4-12(5-7-13)14(19)16-8-11(3)9-18/h4-7,10-11,18H,8-9H2,1-3H3,(H,16,19)(H,17,20). The van der Waals surface area contributed by atoms with Gasteiger partial charge in [-0.3, -0.25) is 9.59 Å². The second kappa shape index (κ2) is 7.65. The van der Waals surface area contributed by atoms with Crippen LogP contribution in [0.4, 0.5) is 0 Å². The summed E-state index contributed by atoms with van der Waals surface area (Å²) in [6, 6.07) is 6.57. The fourth-order valence-corrected chi connectivity index (χ4v) is 1.55. The Labute approximate surface area is 119 Å². The van der Waals surface area contributed by atoms with Crippen LogP contribution in [-0.4, -0.2) is 36.1 Å². The molecule has 0 spiro atoms. The van der Waals surface area contributed by atoms with Crippen LogP contribution in [0.1, 0.15) is 41.5 Å². The molecule has 0 heterocycles. The van der Waals surface area contributed by atoms with Crippen molar-refractivity contribution < 1.29 is 14.7 Å². The molecule has 1 rings (SSSR count). The molecule has 110 valence electrons. The number of amides is 2. The lowest BCUT2D eigenvalue weighted by Crippen LogP contribution is -2.31. The molecule has 5 nitrogen and oxygen atoms in total. The van der Waals surface area contributed by atoms with Crippen molar-refractivity contribution in [2.75, 3.05) is 13.2 Å². The van der Waals surface area contributed by atoms with Gasteiger partial charge in [0, 0.05) is 30.3 Å². The first-order valence-corrected chi connectivity index (χ1v) is 6.74. The molecule has 0 radical (unpaired) electrons. The second-order valence-corrected chi connectivity index (χ2v) is 5.20. The molecular formula is C15H22N2O3. The molecule has 1 atom stereocenters. The molecule has 5 heteroatoms. The Kier molecular flexibility index (Phi) is 6.18. The van der Waals surface area contributed by atoms with Crippen LogP contribution in [0.3, 0.4) is 0 Å². The monoisotopic (exact) mass is 278 g/mol. The molecular weight excluding hydrogens is 256 g/mol. The molecule has 1 aromatic rings. The van der Waals surface area contributed by atoms with Crippen molar-refractivity contribution in [3.05, 3.63) is 35.4 Å². The van der Waals surface area contributed by atoms with E-state index in [1.165, 1.54) is 0 Å². The Bertz CT molecular complexity index is 455. The van der Waals surface area contributed by atoms with E-state index in [0.29, 0.717) is 17.7 Å². The smallest absolute Gasteiger partial charge is 0.251 e. The first-order chi connectivity index (χ1) is 9.43. The number of hydrogen-bond donors (Lipinski definition) is 3. The van der Waals surface area contributed by atoms with Gasteiger partial charge in [0.05, 0.1) is 0 Å². The fraction of sp³-hybridized carbons (Fsp3) is 0.467. The van der Waals surface area contributed by atoms with Crippen LogP contribution in [0.25, 0.3) is 0 Å². The highest BCUT2D eigenvalue weighted by Crippen LogP contribution is 2.05. The van der Waals surface area contributed by atoms with E-state index >= 15 is 0 Å². The third-order valence-corrected chi connectivity index (χ3v) is 2.75. The van der Waals surface area contributed by atoms with Crippen molar-refractivity contribution in [3.63, 3.8) is 0 Å². The number of nitrogens with one attached hydrogen (secondary N) is 2. The highest BCUT2D eigenvalue weighted by molar-refractivity contribution is 5.97. The minimum atomic E-state index is -0.207. The van der Waals surface area contributed by atoms with Crippen molar-refractivity contribution in [1.29, 1.82) is 0 Å².